The molecule has 1 saturated carbocycles. The molecule has 24 heavy (non-hydrogen) atoms. The Labute approximate surface area is 143 Å². The highest BCUT2D eigenvalue weighted by atomic mass is 16.5. The number of hydrogen-bond acceptors (Lipinski definition) is 4. The van der Waals surface area contributed by atoms with Crippen LogP contribution in [0.15, 0.2) is 18.2 Å². The topological polar surface area (TPSA) is 52.6 Å². The molecule has 0 unspecified atom stereocenters. The summed E-state index contributed by atoms with van der Waals surface area (Å²) in [5.74, 6) is 0.451. The molecule has 4 heteroatoms. The van der Waals surface area contributed by atoms with Crippen molar-refractivity contribution >= 4 is 11.8 Å². The van der Waals surface area contributed by atoms with Crippen molar-refractivity contribution < 1.29 is 19.1 Å². The molecule has 0 N–H and O–H groups in total. The van der Waals surface area contributed by atoms with Gasteiger partial charge < -0.3 is 9.47 Å². The third kappa shape index (κ3) is 3.12. The lowest BCUT2D eigenvalue weighted by molar-refractivity contribution is -0.143. The highest BCUT2D eigenvalue weighted by molar-refractivity contribution is 5.97. The van der Waals surface area contributed by atoms with Gasteiger partial charge in [0.2, 0.25) is 0 Å². The van der Waals surface area contributed by atoms with E-state index in [0.29, 0.717) is 18.9 Å². The molecule has 0 aromatic heterocycles. The Kier molecular flexibility index (Phi) is 4.77. The molecule has 1 spiro atoms. The van der Waals surface area contributed by atoms with Crippen LogP contribution in [0, 0.1) is 11.8 Å². The van der Waals surface area contributed by atoms with Gasteiger partial charge in [-0.05, 0) is 48.8 Å². The summed E-state index contributed by atoms with van der Waals surface area (Å²) in [7, 11) is 1.44. The van der Waals surface area contributed by atoms with E-state index >= 15 is 0 Å². The van der Waals surface area contributed by atoms with Gasteiger partial charge in [-0.15, -0.1) is 0 Å². The Hall–Kier alpha value is -1.68. The van der Waals surface area contributed by atoms with E-state index in [1.54, 1.807) is 0 Å². The number of Topliss-reactive ketones (excluding diaryl/α,β-unsaturated/α-hetero) is 1. The minimum absolute atomic E-state index is 0.00749. The molecule has 0 saturated heterocycles. The van der Waals surface area contributed by atoms with Crippen LogP contribution in [0.3, 0.4) is 0 Å². The molecule has 0 radical (unpaired) electrons. The maximum Gasteiger partial charge on any atom is 0.305 e. The minimum Gasteiger partial charge on any atom is -0.469 e. The predicted octanol–water partition coefficient (Wildman–Crippen LogP) is 4.00. The Morgan fingerprint density at radius 2 is 2.00 bits per heavy atom. The summed E-state index contributed by atoms with van der Waals surface area (Å²) in [5.41, 5.74) is 2.94. The summed E-state index contributed by atoms with van der Waals surface area (Å²) in [6.07, 6.45) is 4.31. The lowest BCUT2D eigenvalue weighted by Gasteiger charge is -2.37. The van der Waals surface area contributed by atoms with Crippen molar-refractivity contribution in [3.05, 3.63) is 34.9 Å². The van der Waals surface area contributed by atoms with E-state index in [-0.39, 0.29) is 23.3 Å². The third-order valence-corrected chi connectivity index (χ3v) is 5.50. The Balaban J connectivity index is 1.73. The van der Waals surface area contributed by atoms with Crippen molar-refractivity contribution in [2.24, 2.45) is 11.8 Å². The largest absolute Gasteiger partial charge is 0.469 e. The fourth-order valence-corrected chi connectivity index (χ4v) is 4.02. The number of ketones is 1. The summed E-state index contributed by atoms with van der Waals surface area (Å²) in [4.78, 5) is 23.7. The van der Waals surface area contributed by atoms with Gasteiger partial charge in [0.15, 0.2) is 5.78 Å². The van der Waals surface area contributed by atoms with Crippen LogP contribution in [-0.2, 0) is 26.5 Å². The molecule has 1 heterocycles. The normalized spacial score (nSPS) is 25.8. The average molecular weight is 330 g/mol. The number of hydrogen-bond donors (Lipinski definition) is 0. The zero-order chi connectivity index (χ0) is 17.3. The summed E-state index contributed by atoms with van der Waals surface area (Å²) >= 11 is 0. The van der Waals surface area contributed by atoms with Crippen LogP contribution in [0.4, 0.5) is 0 Å². The molecule has 1 fully saturated rings. The maximum absolute atomic E-state index is 12.2. The van der Waals surface area contributed by atoms with E-state index < -0.39 is 0 Å². The Morgan fingerprint density at radius 1 is 1.29 bits per heavy atom. The molecule has 0 amide bonds. The van der Waals surface area contributed by atoms with E-state index in [0.717, 1.165) is 36.8 Å². The van der Waals surface area contributed by atoms with E-state index in [1.807, 2.05) is 26.0 Å². The quantitative estimate of drug-likeness (QED) is 0.618. The molecular formula is C20H26O4. The first-order valence-electron chi connectivity index (χ1n) is 8.83. The summed E-state index contributed by atoms with van der Waals surface area (Å²) in [5, 5.41) is 0. The van der Waals surface area contributed by atoms with Crippen LogP contribution in [0.25, 0.3) is 0 Å². The minimum atomic E-state index is -0.221. The second kappa shape index (κ2) is 6.67. The molecule has 1 aromatic rings. The summed E-state index contributed by atoms with van der Waals surface area (Å²) in [6.45, 7) is 4.43. The molecule has 1 aliphatic carbocycles. The van der Waals surface area contributed by atoms with E-state index in [1.165, 1.54) is 12.7 Å². The van der Waals surface area contributed by atoms with Gasteiger partial charge in [0.1, 0.15) is 0 Å². The zero-order valence-corrected chi connectivity index (χ0v) is 14.8. The standard InChI is InChI=1S/C20H26O4/c1-13(2)19(22)15-4-5-17-16(11-15)12-24-20(17)8-6-14(7-9-20)10-18(21)23-3/h4-5,11,13-14H,6-10,12H2,1-3H3. The molecule has 4 nitrogen and oxygen atoms in total. The van der Waals surface area contributed by atoms with Gasteiger partial charge >= 0.3 is 5.97 Å². The molecule has 0 bridgehead atoms. The van der Waals surface area contributed by atoms with Gasteiger partial charge in [-0.2, -0.15) is 0 Å². The predicted molar refractivity (Wildman–Crippen MR) is 90.7 cm³/mol. The summed E-state index contributed by atoms with van der Waals surface area (Å²) in [6, 6.07) is 6.03. The van der Waals surface area contributed by atoms with Crippen molar-refractivity contribution in [2.75, 3.05) is 7.11 Å². The average Bonchev–Trinajstić information content (AvgIpc) is 2.94. The SMILES string of the molecule is COC(=O)CC1CCC2(CC1)OCc1cc(C(=O)C(C)C)ccc12. The van der Waals surface area contributed by atoms with E-state index in [9.17, 15) is 9.59 Å². The maximum atomic E-state index is 12.2. The highest BCUT2D eigenvalue weighted by Crippen LogP contribution is 2.48. The molecule has 0 atom stereocenters. The smallest absolute Gasteiger partial charge is 0.305 e. The number of carbonyl (C=O) groups is 2. The number of esters is 1. The van der Waals surface area contributed by atoms with Gasteiger partial charge in [-0.25, -0.2) is 0 Å². The van der Waals surface area contributed by atoms with Crippen molar-refractivity contribution in [2.45, 2.75) is 58.2 Å². The molecule has 1 aromatic carbocycles. The van der Waals surface area contributed by atoms with Crippen molar-refractivity contribution in [1.29, 1.82) is 0 Å². The lowest BCUT2D eigenvalue weighted by atomic mass is 9.74. The van der Waals surface area contributed by atoms with Crippen molar-refractivity contribution in [3.63, 3.8) is 0 Å². The molecular weight excluding hydrogens is 304 g/mol. The number of benzene rings is 1. The van der Waals surface area contributed by atoms with Crippen molar-refractivity contribution in [3.8, 4) is 0 Å². The first kappa shape index (κ1) is 17.2. The van der Waals surface area contributed by atoms with Crippen LogP contribution in [-0.4, -0.2) is 18.9 Å². The number of rotatable bonds is 4. The van der Waals surface area contributed by atoms with Crippen molar-refractivity contribution in [1.82, 2.24) is 0 Å². The first-order valence-corrected chi connectivity index (χ1v) is 8.83. The van der Waals surface area contributed by atoms with Gasteiger partial charge in [-0.3, -0.25) is 9.59 Å². The first-order chi connectivity index (χ1) is 11.4. The van der Waals surface area contributed by atoms with E-state index in [4.69, 9.17) is 9.47 Å². The number of methoxy groups -OCH3 is 1. The van der Waals surface area contributed by atoms with Crippen LogP contribution in [0.1, 0.15) is 67.4 Å². The number of carbonyl (C=O) groups excluding carboxylic acids is 2. The zero-order valence-electron chi connectivity index (χ0n) is 14.8. The molecule has 130 valence electrons. The second-order valence-corrected chi connectivity index (χ2v) is 7.40. The molecule has 2 aliphatic rings. The van der Waals surface area contributed by atoms with Gasteiger partial charge in [0, 0.05) is 17.9 Å². The van der Waals surface area contributed by atoms with Gasteiger partial charge in [-0.1, -0.05) is 26.0 Å². The lowest BCUT2D eigenvalue weighted by Crippen LogP contribution is -2.32. The number of ether oxygens (including phenoxy) is 2. The van der Waals surface area contributed by atoms with E-state index in [2.05, 4.69) is 6.07 Å². The highest BCUT2D eigenvalue weighted by Gasteiger charge is 2.43. The van der Waals surface area contributed by atoms with Gasteiger partial charge in [0.25, 0.3) is 0 Å². The van der Waals surface area contributed by atoms with Crippen LogP contribution < -0.4 is 0 Å². The Morgan fingerprint density at radius 3 is 2.62 bits per heavy atom. The fraction of sp³-hybridized carbons (Fsp3) is 0.600. The molecule has 1 aliphatic heterocycles. The van der Waals surface area contributed by atoms with Gasteiger partial charge in [0.05, 0.1) is 19.3 Å². The van der Waals surface area contributed by atoms with Crippen LogP contribution >= 0.6 is 0 Å². The van der Waals surface area contributed by atoms with Crippen LogP contribution in [0.5, 0.6) is 0 Å². The second-order valence-electron chi connectivity index (χ2n) is 7.40. The Bertz CT molecular complexity index is 639. The molecule has 3 rings (SSSR count). The monoisotopic (exact) mass is 330 g/mol. The number of fused-ring (bicyclic) bond motifs is 2. The van der Waals surface area contributed by atoms with Crippen LogP contribution in [0.2, 0.25) is 0 Å². The fourth-order valence-electron chi connectivity index (χ4n) is 4.02. The third-order valence-electron chi connectivity index (χ3n) is 5.50. The summed E-state index contributed by atoms with van der Waals surface area (Å²) < 4.78 is 11.0.